The number of nitrogens with one attached hydrogen (secondary N) is 1. The highest BCUT2D eigenvalue weighted by molar-refractivity contribution is 5.80. The van der Waals surface area contributed by atoms with Crippen molar-refractivity contribution in [3.05, 3.63) is 0 Å². The zero-order valence-corrected chi connectivity index (χ0v) is 9.62. The molecule has 0 radical (unpaired) electrons. The molecule has 88 valence electrons. The Balaban J connectivity index is 2.31. The lowest BCUT2D eigenvalue weighted by atomic mass is 9.67. The minimum absolute atomic E-state index is 0.0182. The molecule has 4 heteroatoms. The second-order valence-corrected chi connectivity index (χ2v) is 5.09. The molecule has 15 heavy (non-hydrogen) atoms. The zero-order valence-electron chi connectivity index (χ0n) is 9.62. The smallest absolute Gasteiger partial charge is 0.250 e. The standard InChI is InChI=1S/C11H22N2O2/c1-11(2,8-4-3-5-8)7-13-10(15)9(14)6-12/h8-9,14H,3-7,12H2,1-2H3,(H,13,15). The van der Waals surface area contributed by atoms with Gasteiger partial charge < -0.3 is 16.2 Å². The third kappa shape index (κ3) is 3.18. The van der Waals surface area contributed by atoms with E-state index in [2.05, 4.69) is 19.2 Å². The highest BCUT2D eigenvalue weighted by atomic mass is 16.3. The lowest BCUT2D eigenvalue weighted by Gasteiger charge is -2.40. The van der Waals surface area contributed by atoms with Gasteiger partial charge in [-0.2, -0.15) is 0 Å². The Kier molecular flexibility index (Phi) is 4.11. The lowest BCUT2D eigenvalue weighted by molar-refractivity contribution is -0.129. The fourth-order valence-electron chi connectivity index (χ4n) is 1.87. The highest BCUT2D eigenvalue weighted by Gasteiger charge is 2.34. The van der Waals surface area contributed by atoms with Gasteiger partial charge in [-0.1, -0.05) is 20.3 Å². The van der Waals surface area contributed by atoms with Crippen LogP contribution in [0.25, 0.3) is 0 Å². The van der Waals surface area contributed by atoms with Crippen LogP contribution in [0, 0.1) is 11.3 Å². The van der Waals surface area contributed by atoms with E-state index < -0.39 is 6.10 Å². The van der Waals surface area contributed by atoms with Crippen molar-refractivity contribution in [2.24, 2.45) is 17.1 Å². The fraction of sp³-hybridized carbons (Fsp3) is 0.909. The number of aliphatic hydroxyl groups is 1. The van der Waals surface area contributed by atoms with Crippen molar-refractivity contribution in [3.8, 4) is 0 Å². The molecule has 0 saturated heterocycles. The predicted octanol–water partition coefficient (Wildman–Crippen LogP) is 0.248. The second kappa shape index (κ2) is 4.94. The molecule has 1 atom stereocenters. The molecule has 0 aromatic carbocycles. The average Bonchev–Trinajstić information content (AvgIpc) is 2.09. The summed E-state index contributed by atoms with van der Waals surface area (Å²) in [4.78, 5) is 11.3. The van der Waals surface area contributed by atoms with Crippen LogP contribution in [0.1, 0.15) is 33.1 Å². The van der Waals surface area contributed by atoms with Crippen molar-refractivity contribution in [2.45, 2.75) is 39.2 Å². The average molecular weight is 214 g/mol. The molecular weight excluding hydrogens is 192 g/mol. The van der Waals surface area contributed by atoms with E-state index in [-0.39, 0.29) is 17.9 Å². The minimum atomic E-state index is -1.07. The lowest BCUT2D eigenvalue weighted by Crippen LogP contribution is -2.46. The van der Waals surface area contributed by atoms with Gasteiger partial charge in [-0.25, -0.2) is 0 Å². The van der Waals surface area contributed by atoms with Crippen molar-refractivity contribution in [1.29, 1.82) is 0 Å². The second-order valence-electron chi connectivity index (χ2n) is 5.09. The summed E-state index contributed by atoms with van der Waals surface area (Å²) in [6, 6.07) is 0. The van der Waals surface area contributed by atoms with Crippen LogP contribution in [-0.4, -0.2) is 30.2 Å². The highest BCUT2D eigenvalue weighted by Crippen LogP contribution is 2.41. The molecule has 1 amide bonds. The van der Waals surface area contributed by atoms with Crippen LogP contribution in [0.4, 0.5) is 0 Å². The van der Waals surface area contributed by atoms with E-state index in [0.29, 0.717) is 12.5 Å². The molecule has 0 heterocycles. The predicted molar refractivity (Wildman–Crippen MR) is 59.2 cm³/mol. The molecule has 1 fully saturated rings. The molecule has 0 aromatic rings. The number of rotatable bonds is 5. The van der Waals surface area contributed by atoms with E-state index in [4.69, 9.17) is 5.73 Å². The molecular formula is C11H22N2O2. The number of amides is 1. The van der Waals surface area contributed by atoms with Crippen LogP contribution >= 0.6 is 0 Å². The maximum Gasteiger partial charge on any atom is 0.250 e. The van der Waals surface area contributed by atoms with Crippen LogP contribution < -0.4 is 11.1 Å². The summed E-state index contributed by atoms with van der Waals surface area (Å²) in [5.41, 5.74) is 5.33. The van der Waals surface area contributed by atoms with Gasteiger partial charge in [-0.15, -0.1) is 0 Å². The summed E-state index contributed by atoms with van der Waals surface area (Å²) in [5.74, 6) is 0.345. The van der Waals surface area contributed by atoms with Crippen molar-refractivity contribution < 1.29 is 9.90 Å². The zero-order chi connectivity index (χ0) is 11.5. The van der Waals surface area contributed by atoms with Crippen LogP contribution in [0.15, 0.2) is 0 Å². The number of hydrogen-bond donors (Lipinski definition) is 3. The first kappa shape index (κ1) is 12.5. The number of aliphatic hydroxyl groups excluding tert-OH is 1. The van der Waals surface area contributed by atoms with Crippen LogP contribution in [0.3, 0.4) is 0 Å². The third-order valence-corrected chi connectivity index (χ3v) is 3.45. The Morgan fingerprint density at radius 2 is 2.20 bits per heavy atom. The van der Waals surface area contributed by atoms with Gasteiger partial charge >= 0.3 is 0 Å². The van der Waals surface area contributed by atoms with Crippen LogP contribution in [-0.2, 0) is 4.79 Å². The van der Waals surface area contributed by atoms with E-state index in [9.17, 15) is 9.90 Å². The molecule has 0 spiro atoms. The SMILES string of the molecule is CC(C)(CNC(=O)C(O)CN)C1CCC1. The van der Waals surface area contributed by atoms with Crippen molar-refractivity contribution in [3.63, 3.8) is 0 Å². The summed E-state index contributed by atoms with van der Waals surface area (Å²) in [7, 11) is 0. The van der Waals surface area contributed by atoms with Gasteiger partial charge in [0.25, 0.3) is 0 Å². The van der Waals surface area contributed by atoms with Crippen molar-refractivity contribution >= 4 is 5.91 Å². The molecule has 1 saturated carbocycles. The van der Waals surface area contributed by atoms with E-state index in [1.165, 1.54) is 19.3 Å². The van der Waals surface area contributed by atoms with E-state index in [1.54, 1.807) is 0 Å². The molecule has 1 unspecified atom stereocenters. The van der Waals surface area contributed by atoms with Crippen molar-refractivity contribution in [2.75, 3.05) is 13.1 Å². The van der Waals surface area contributed by atoms with Gasteiger partial charge in [-0.3, -0.25) is 4.79 Å². The quantitative estimate of drug-likeness (QED) is 0.614. The van der Waals surface area contributed by atoms with Gasteiger partial charge in [0.05, 0.1) is 0 Å². The normalized spacial score (nSPS) is 19.5. The Hall–Kier alpha value is -0.610. The largest absolute Gasteiger partial charge is 0.382 e. The molecule has 4 nitrogen and oxygen atoms in total. The third-order valence-electron chi connectivity index (χ3n) is 3.45. The van der Waals surface area contributed by atoms with Gasteiger partial charge in [0.1, 0.15) is 6.10 Å². The topological polar surface area (TPSA) is 75.3 Å². The van der Waals surface area contributed by atoms with Gasteiger partial charge in [0.15, 0.2) is 0 Å². The summed E-state index contributed by atoms with van der Waals surface area (Å²) in [5, 5.41) is 11.9. The van der Waals surface area contributed by atoms with Crippen LogP contribution in [0.5, 0.6) is 0 Å². The van der Waals surface area contributed by atoms with Gasteiger partial charge in [0, 0.05) is 13.1 Å². The maximum atomic E-state index is 11.3. The molecule has 1 rings (SSSR count). The molecule has 1 aliphatic carbocycles. The van der Waals surface area contributed by atoms with Crippen molar-refractivity contribution in [1.82, 2.24) is 5.32 Å². The summed E-state index contributed by atoms with van der Waals surface area (Å²) in [6.07, 6.45) is 2.74. The molecule has 0 bridgehead atoms. The van der Waals surface area contributed by atoms with Gasteiger partial charge in [-0.05, 0) is 24.2 Å². The van der Waals surface area contributed by atoms with Crippen LogP contribution in [0.2, 0.25) is 0 Å². The first-order valence-corrected chi connectivity index (χ1v) is 5.63. The Labute approximate surface area is 91.2 Å². The first-order chi connectivity index (χ1) is 6.97. The Bertz CT molecular complexity index is 225. The summed E-state index contributed by atoms with van der Waals surface area (Å²) < 4.78 is 0. The molecule has 0 aliphatic heterocycles. The number of carbonyl (C=O) groups is 1. The van der Waals surface area contributed by atoms with E-state index >= 15 is 0 Å². The maximum absolute atomic E-state index is 11.3. The Morgan fingerprint density at radius 3 is 2.60 bits per heavy atom. The summed E-state index contributed by atoms with van der Waals surface area (Å²) in [6.45, 7) is 4.92. The number of nitrogens with two attached hydrogens (primary N) is 1. The fourth-order valence-corrected chi connectivity index (χ4v) is 1.87. The molecule has 0 aromatic heterocycles. The summed E-state index contributed by atoms with van der Waals surface area (Å²) >= 11 is 0. The van der Waals surface area contributed by atoms with Gasteiger partial charge in [0.2, 0.25) is 5.91 Å². The minimum Gasteiger partial charge on any atom is -0.382 e. The number of hydrogen-bond acceptors (Lipinski definition) is 3. The molecule has 1 aliphatic rings. The monoisotopic (exact) mass is 214 g/mol. The van der Waals surface area contributed by atoms with E-state index in [0.717, 1.165) is 0 Å². The van der Waals surface area contributed by atoms with E-state index in [1.807, 2.05) is 0 Å². The first-order valence-electron chi connectivity index (χ1n) is 5.63. The number of carbonyl (C=O) groups excluding carboxylic acids is 1. The Morgan fingerprint density at radius 1 is 1.60 bits per heavy atom. The molecule has 4 N–H and O–H groups in total.